The summed E-state index contributed by atoms with van der Waals surface area (Å²) in [6.07, 6.45) is 12.8. The van der Waals surface area contributed by atoms with E-state index in [1.54, 1.807) is 18.3 Å². The SMILES string of the molecule is CC.CC(=O)C1CC1.CCCC(C)CCC.O=C(NC1CCC(F)(P)CC1)c1csc(C2CC2)c1. The third kappa shape index (κ3) is 13.9. The van der Waals surface area contributed by atoms with Crippen LogP contribution in [0.15, 0.2) is 11.4 Å². The van der Waals surface area contributed by atoms with Gasteiger partial charge in [0.2, 0.25) is 0 Å². The van der Waals surface area contributed by atoms with Crippen LogP contribution in [0.4, 0.5) is 4.39 Å². The molecule has 3 aliphatic carbocycles. The lowest BCUT2D eigenvalue weighted by Gasteiger charge is -2.31. The lowest BCUT2D eigenvalue weighted by atomic mass is 9.93. The van der Waals surface area contributed by atoms with Crippen LogP contribution in [0.5, 0.6) is 0 Å². The van der Waals surface area contributed by atoms with Crippen LogP contribution < -0.4 is 5.32 Å². The molecule has 0 saturated heterocycles. The molecule has 3 nitrogen and oxygen atoms in total. The van der Waals surface area contributed by atoms with E-state index >= 15 is 0 Å². The van der Waals surface area contributed by atoms with Crippen LogP contribution in [0.2, 0.25) is 0 Å². The van der Waals surface area contributed by atoms with Gasteiger partial charge in [0.1, 0.15) is 11.2 Å². The highest BCUT2D eigenvalue weighted by Gasteiger charge is 2.32. The van der Waals surface area contributed by atoms with Crippen molar-refractivity contribution in [2.75, 3.05) is 0 Å². The number of amides is 1. The molecule has 0 spiro atoms. The van der Waals surface area contributed by atoms with Crippen molar-refractivity contribution in [2.45, 2.75) is 136 Å². The maximum Gasteiger partial charge on any atom is 0.252 e. The Labute approximate surface area is 221 Å². The molecule has 4 rings (SSSR count). The lowest BCUT2D eigenvalue weighted by molar-refractivity contribution is -0.118. The van der Waals surface area contributed by atoms with Crippen LogP contribution in [0.3, 0.4) is 0 Å². The van der Waals surface area contributed by atoms with Crippen molar-refractivity contribution in [1.29, 1.82) is 0 Å². The Kier molecular flexibility index (Phi) is 15.5. The van der Waals surface area contributed by atoms with Gasteiger partial charge in [-0.2, -0.15) is 0 Å². The Morgan fingerprint density at radius 1 is 1.09 bits per heavy atom. The van der Waals surface area contributed by atoms with Gasteiger partial charge in [-0.3, -0.25) is 9.59 Å². The average molecular weight is 528 g/mol. The molecule has 3 saturated carbocycles. The van der Waals surface area contributed by atoms with Crippen LogP contribution in [0.25, 0.3) is 0 Å². The van der Waals surface area contributed by atoms with Gasteiger partial charge in [0.25, 0.3) is 5.91 Å². The number of thiophene rings is 1. The number of hydrogen-bond acceptors (Lipinski definition) is 3. The van der Waals surface area contributed by atoms with Crippen LogP contribution in [0, 0.1) is 11.8 Å². The molecule has 0 aromatic carbocycles. The van der Waals surface area contributed by atoms with Crippen molar-refractivity contribution in [3.8, 4) is 0 Å². The summed E-state index contributed by atoms with van der Waals surface area (Å²) in [6, 6.07) is 2.15. The predicted molar refractivity (Wildman–Crippen MR) is 153 cm³/mol. The summed E-state index contributed by atoms with van der Waals surface area (Å²) < 4.78 is 13.7. The monoisotopic (exact) mass is 527 g/mol. The van der Waals surface area contributed by atoms with E-state index in [0.717, 1.165) is 37.2 Å². The zero-order valence-corrected chi connectivity index (χ0v) is 25.1. The van der Waals surface area contributed by atoms with Crippen molar-refractivity contribution in [2.24, 2.45) is 11.8 Å². The zero-order valence-electron chi connectivity index (χ0n) is 23.1. The second-order valence-electron chi connectivity index (χ2n) is 10.4. The van der Waals surface area contributed by atoms with Gasteiger partial charge < -0.3 is 5.32 Å². The molecule has 6 heteroatoms. The van der Waals surface area contributed by atoms with Gasteiger partial charge in [0.15, 0.2) is 0 Å². The van der Waals surface area contributed by atoms with Crippen molar-refractivity contribution in [1.82, 2.24) is 5.32 Å². The maximum atomic E-state index is 13.7. The van der Waals surface area contributed by atoms with Crippen LogP contribution in [0.1, 0.15) is 140 Å². The topological polar surface area (TPSA) is 46.2 Å². The molecular weight excluding hydrogens is 476 g/mol. The lowest BCUT2D eigenvalue weighted by Crippen LogP contribution is -2.39. The van der Waals surface area contributed by atoms with Crippen molar-refractivity contribution >= 4 is 32.3 Å². The Hall–Kier alpha value is -0.800. The minimum Gasteiger partial charge on any atom is -0.349 e. The zero-order chi connectivity index (χ0) is 26.4. The molecule has 1 amide bonds. The minimum atomic E-state index is -1.12. The molecule has 35 heavy (non-hydrogen) atoms. The number of carbonyl (C=O) groups excluding carboxylic acids is 2. The number of hydrogen-bond donors (Lipinski definition) is 1. The first-order valence-corrected chi connectivity index (χ1v) is 15.5. The van der Waals surface area contributed by atoms with E-state index in [1.165, 1.54) is 43.4 Å². The highest BCUT2D eigenvalue weighted by molar-refractivity contribution is 7.18. The fourth-order valence-electron chi connectivity index (χ4n) is 4.18. The smallest absolute Gasteiger partial charge is 0.252 e. The highest BCUT2D eigenvalue weighted by Crippen LogP contribution is 2.43. The van der Waals surface area contributed by atoms with Gasteiger partial charge in [-0.1, -0.05) is 69.5 Å². The number of halogens is 1. The Balaban J connectivity index is 0.000000317. The number of ketones is 1. The van der Waals surface area contributed by atoms with E-state index < -0.39 is 5.41 Å². The summed E-state index contributed by atoms with van der Waals surface area (Å²) >= 11 is 1.69. The van der Waals surface area contributed by atoms with E-state index in [-0.39, 0.29) is 11.9 Å². The van der Waals surface area contributed by atoms with Gasteiger partial charge in [0, 0.05) is 22.2 Å². The minimum absolute atomic E-state index is 0.00302. The van der Waals surface area contributed by atoms with Crippen molar-refractivity contribution in [3.63, 3.8) is 0 Å². The van der Waals surface area contributed by atoms with E-state index in [1.807, 2.05) is 25.3 Å². The second kappa shape index (κ2) is 16.8. The van der Waals surface area contributed by atoms with Crippen molar-refractivity contribution < 1.29 is 14.0 Å². The van der Waals surface area contributed by atoms with Gasteiger partial charge in [-0.15, -0.1) is 11.3 Å². The Bertz CT molecular complexity index is 727. The fourth-order valence-corrected chi connectivity index (χ4v) is 5.58. The summed E-state index contributed by atoms with van der Waals surface area (Å²) in [4.78, 5) is 23.7. The first-order valence-electron chi connectivity index (χ1n) is 14.0. The summed E-state index contributed by atoms with van der Waals surface area (Å²) in [6.45, 7) is 12.5. The molecule has 3 fully saturated rings. The quantitative estimate of drug-likeness (QED) is 0.343. The van der Waals surface area contributed by atoms with Crippen molar-refractivity contribution in [3.05, 3.63) is 21.9 Å². The number of alkyl halides is 1. The molecule has 0 radical (unpaired) electrons. The largest absolute Gasteiger partial charge is 0.349 e. The Morgan fingerprint density at radius 2 is 1.63 bits per heavy atom. The molecule has 1 unspecified atom stereocenters. The van der Waals surface area contributed by atoms with Gasteiger partial charge in [-0.25, -0.2) is 4.39 Å². The third-order valence-corrected chi connectivity index (χ3v) is 8.40. The Morgan fingerprint density at radius 3 is 2.03 bits per heavy atom. The van der Waals surface area contributed by atoms with Crippen LogP contribution >= 0.6 is 20.6 Å². The predicted octanol–water partition coefficient (Wildman–Crippen LogP) is 9.07. The molecule has 0 aliphatic heterocycles. The summed E-state index contributed by atoms with van der Waals surface area (Å²) in [5.41, 5.74) is 0.773. The number of Topliss-reactive ketones (excluding diaryl/α,β-unsaturated/α-hetero) is 1. The molecule has 0 bridgehead atoms. The first kappa shape index (κ1) is 32.2. The third-order valence-electron chi connectivity index (χ3n) is 6.73. The summed E-state index contributed by atoms with van der Waals surface area (Å²) in [5, 5.41) is 3.86. The van der Waals surface area contributed by atoms with E-state index in [0.29, 0.717) is 30.5 Å². The van der Waals surface area contributed by atoms with Gasteiger partial charge >= 0.3 is 0 Å². The standard InChI is InChI=1S/C14H19FNOPS.C8H18.C5H8O.C2H6/c15-14(18)5-3-11(4-6-14)16-13(17)10-7-12(19-8-10)9-1-2-9;1-4-6-8(3)7-5-2;1-4(6)5-2-3-5;1-2/h7-9,11H,1-6,18H2,(H,16,17);8H,4-7H2,1-3H3;5H,2-3H2,1H3;1-2H3. The average Bonchev–Trinajstić information content (AvgIpc) is 3.76. The van der Waals surface area contributed by atoms with E-state index in [9.17, 15) is 14.0 Å². The normalized spacial score (nSPS) is 23.1. The number of rotatable bonds is 8. The molecule has 202 valence electrons. The van der Waals surface area contributed by atoms with E-state index in [4.69, 9.17) is 0 Å². The second-order valence-corrected chi connectivity index (χ2v) is 12.3. The number of nitrogens with one attached hydrogen (secondary N) is 1. The van der Waals surface area contributed by atoms with Gasteiger partial charge in [-0.05, 0) is 76.2 Å². The molecule has 3 aliphatic rings. The maximum absolute atomic E-state index is 13.7. The fraction of sp³-hybridized carbons (Fsp3) is 0.793. The molecule has 1 atom stereocenters. The molecule has 1 aromatic heterocycles. The highest BCUT2D eigenvalue weighted by atomic mass is 32.1. The van der Waals surface area contributed by atoms with Crippen LogP contribution in [-0.2, 0) is 4.79 Å². The summed E-state index contributed by atoms with van der Waals surface area (Å²) in [7, 11) is 2.29. The number of carbonyl (C=O) groups is 2. The van der Waals surface area contributed by atoms with Gasteiger partial charge in [0.05, 0.1) is 5.56 Å². The van der Waals surface area contributed by atoms with Crippen LogP contribution in [-0.4, -0.2) is 23.1 Å². The summed E-state index contributed by atoms with van der Waals surface area (Å²) in [5.74, 6) is 2.50. The van der Waals surface area contributed by atoms with E-state index in [2.05, 4.69) is 35.3 Å². The molecule has 1 heterocycles. The molecule has 1 aromatic rings. The first-order chi connectivity index (χ1) is 16.6. The molecular formula is C29H51FNO2PS. The molecule has 1 N–H and O–H groups in total.